The van der Waals surface area contributed by atoms with Crippen molar-refractivity contribution in [3.8, 4) is 11.3 Å². The van der Waals surface area contributed by atoms with E-state index < -0.39 is 15.8 Å². The van der Waals surface area contributed by atoms with Crippen LogP contribution in [0.2, 0.25) is 0 Å². The maximum absolute atomic E-state index is 13.3. The van der Waals surface area contributed by atoms with E-state index in [1.165, 1.54) is 36.4 Å². The van der Waals surface area contributed by atoms with Crippen LogP contribution >= 0.6 is 0 Å². The highest BCUT2D eigenvalue weighted by Gasteiger charge is 2.22. The third kappa shape index (κ3) is 4.35. The van der Waals surface area contributed by atoms with Gasteiger partial charge in [0.15, 0.2) is 11.6 Å². The summed E-state index contributed by atoms with van der Waals surface area (Å²) in [7, 11) is -3.86. The number of benzene rings is 3. The van der Waals surface area contributed by atoms with E-state index in [0.29, 0.717) is 17.9 Å². The van der Waals surface area contributed by atoms with Crippen LogP contribution in [0.3, 0.4) is 0 Å². The van der Waals surface area contributed by atoms with Gasteiger partial charge in [-0.1, -0.05) is 48.5 Å². The number of sulfonamides is 1. The zero-order chi connectivity index (χ0) is 20.3. The van der Waals surface area contributed by atoms with Gasteiger partial charge in [0.1, 0.15) is 5.82 Å². The fourth-order valence-corrected chi connectivity index (χ4v) is 3.89. The largest absolute Gasteiger partial charge is 0.438 e. The molecule has 0 aliphatic heterocycles. The smallest absolute Gasteiger partial charge is 0.263 e. The summed E-state index contributed by atoms with van der Waals surface area (Å²) in [6, 6.07) is 23.1. The predicted molar refractivity (Wildman–Crippen MR) is 108 cm³/mol. The molecule has 29 heavy (non-hydrogen) atoms. The molecule has 5 nitrogen and oxygen atoms in total. The zero-order valence-corrected chi connectivity index (χ0v) is 16.1. The van der Waals surface area contributed by atoms with Gasteiger partial charge in [0.2, 0.25) is 5.89 Å². The van der Waals surface area contributed by atoms with Gasteiger partial charge in [-0.3, -0.25) is 4.72 Å². The van der Waals surface area contributed by atoms with Crippen molar-refractivity contribution >= 4 is 15.8 Å². The molecule has 0 saturated carbocycles. The summed E-state index contributed by atoms with van der Waals surface area (Å²) >= 11 is 0. The normalized spacial score (nSPS) is 11.3. The van der Waals surface area contributed by atoms with Gasteiger partial charge in [-0.2, -0.15) is 4.98 Å². The third-order valence-corrected chi connectivity index (χ3v) is 5.62. The molecule has 4 rings (SSSR count). The maximum atomic E-state index is 13.3. The highest BCUT2D eigenvalue weighted by atomic mass is 32.2. The van der Waals surface area contributed by atoms with Crippen molar-refractivity contribution in [1.82, 2.24) is 4.98 Å². The van der Waals surface area contributed by atoms with Crippen LogP contribution in [0.15, 0.2) is 94.2 Å². The molecule has 0 aliphatic rings. The minimum absolute atomic E-state index is 0.0615. The number of aromatic nitrogens is 1. The Morgan fingerprint density at radius 2 is 1.48 bits per heavy atom. The summed E-state index contributed by atoms with van der Waals surface area (Å²) in [6.07, 6.45) is 0.391. The number of oxazole rings is 1. The molecule has 0 amide bonds. The molecule has 1 aromatic heterocycles. The first-order valence-electron chi connectivity index (χ1n) is 8.89. The van der Waals surface area contributed by atoms with Crippen LogP contribution in [0.25, 0.3) is 11.3 Å². The first-order chi connectivity index (χ1) is 14.0. The monoisotopic (exact) mass is 408 g/mol. The Labute approximate surface area is 167 Å². The van der Waals surface area contributed by atoms with Crippen molar-refractivity contribution in [2.75, 3.05) is 4.72 Å². The van der Waals surface area contributed by atoms with E-state index in [4.69, 9.17) is 4.42 Å². The summed E-state index contributed by atoms with van der Waals surface area (Å²) < 4.78 is 47.2. The molecule has 1 heterocycles. The molecule has 0 radical (unpaired) electrons. The van der Waals surface area contributed by atoms with Crippen molar-refractivity contribution < 1.29 is 17.2 Å². The standard InChI is InChI=1S/C22H17FN2O3S/c23-18-13-11-17(12-14-18)21-22(25-29(26,27)19-9-5-2-6-10-19)24-20(28-21)15-16-7-3-1-4-8-16/h1-14,25H,15H2. The lowest BCUT2D eigenvalue weighted by atomic mass is 10.1. The lowest BCUT2D eigenvalue weighted by Crippen LogP contribution is -2.13. The number of hydrogen-bond acceptors (Lipinski definition) is 4. The molecule has 4 aromatic rings. The number of nitrogens with one attached hydrogen (secondary N) is 1. The van der Waals surface area contributed by atoms with Crippen molar-refractivity contribution in [1.29, 1.82) is 0 Å². The first-order valence-corrected chi connectivity index (χ1v) is 10.4. The lowest BCUT2D eigenvalue weighted by Gasteiger charge is -2.06. The summed E-state index contributed by atoms with van der Waals surface area (Å²) in [5, 5.41) is 0. The maximum Gasteiger partial charge on any atom is 0.263 e. The van der Waals surface area contributed by atoms with Gasteiger partial charge in [-0.25, -0.2) is 12.8 Å². The highest BCUT2D eigenvalue weighted by Crippen LogP contribution is 2.31. The Kier molecular flexibility index (Phi) is 5.14. The average molecular weight is 408 g/mol. The molecule has 3 aromatic carbocycles. The van der Waals surface area contributed by atoms with Gasteiger partial charge < -0.3 is 4.42 Å². The van der Waals surface area contributed by atoms with Gasteiger partial charge in [-0.15, -0.1) is 0 Å². The third-order valence-electron chi connectivity index (χ3n) is 4.26. The van der Waals surface area contributed by atoms with Crippen molar-refractivity contribution in [2.45, 2.75) is 11.3 Å². The van der Waals surface area contributed by atoms with Crippen LogP contribution in [-0.4, -0.2) is 13.4 Å². The first kappa shape index (κ1) is 18.9. The zero-order valence-electron chi connectivity index (χ0n) is 15.2. The van der Waals surface area contributed by atoms with Gasteiger partial charge in [-0.05, 0) is 42.0 Å². The van der Waals surface area contributed by atoms with Crippen LogP contribution in [0.1, 0.15) is 11.5 Å². The Hall–Kier alpha value is -3.45. The van der Waals surface area contributed by atoms with Gasteiger partial charge in [0.25, 0.3) is 10.0 Å². The topological polar surface area (TPSA) is 72.2 Å². The summed E-state index contributed by atoms with van der Waals surface area (Å²) in [4.78, 5) is 4.47. The number of anilines is 1. The van der Waals surface area contributed by atoms with Gasteiger partial charge in [0.05, 0.1) is 4.90 Å². The second-order valence-corrected chi connectivity index (χ2v) is 8.06. The Morgan fingerprint density at radius 3 is 2.14 bits per heavy atom. The highest BCUT2D eigenvalue weighted by molar-refractivity contribution is 7.92. The Bertz CT molecular complexity index is 1210. The van der Waals surface area contributed by atoms with E-state index in [-0.39, 0.29) is 16.5 Å². The number of nitrogens with zero attached hydrogens (tertiary/aromatic N) is 1. The van der Waals surface area contributed by atoms with Crippen molar-refractivity contribution in [2.24, 2.45) is 0 Å². The van der Waals surface area contributed by atoms with E-state index in [0.717, 1.165) is 5.56 Å². The number of hydrogen-bond donors (Lipinski definition) is 1. The molecule has 146 valence electrons. The van der Waals surface area contributed by atoms with Crippen LogP contribution in [-0.2, 0) is 16.4 Å². The average Bonchev–Trinajstić information content (AvgIpc) is 3.11. The second-order valence-electron chi connectivity index (χ2n) is 6.37. The minimum Gasteiger partial charge on any atom is -0.438 e. The molecule has 1 N–H and O–H groups in total. The van der Waals surface area contributed by atoms with Crippen LogP contribution in [0.4, 0.5) is 10.2 Å². The van der Waals surface area contributed by atoms with Crippen molar-refractivity contribution in [3.63, 3.8) is 0 Å². The fourth-order valence-electron chi connectivity index (χ4n) is 2.86. The summed E-state index contributed by atoms with van der Waals surface area (Å²) in [5.41, 5.74) is 1.49. The summed E-state index contributed by atoms with van der Waals surface area (Å²) in [6.45, 7) is 0. The van der Waals surface area contributed by atoms with E-state index in [9.17, 15) is 12.8 Å². The molecule has 0 saturated heterocycles. The Morgan fingerprint density at radius 1 is 0.862 bits per heavy atom. The van der Waals surface area contributed by atoms with E-state index in [2.05, 4.69) is 9.71 Å². The van der Waals surface area contributed by atoms with Crippen LogP contribution in [0.5, 0.6) is 0 Å². The SMILES string of the molecule is O=S(=O)(Nc1nc(Cc2ccccc2)oc1-c1ccc(F)cc1)c1ccccc1. The quantitative estimate of drug-likeness (QED) is 0.494. The molecule has 0 unspecified atom stereocenters. The van der Waals surface area contributed by atoms with Gasteiger partial charge in [0, 0.05) is 12.0 Å². The Balaban J connectivity index is 1.73. The fraction of sp³-hybridized carbons (Fsp3) is 0.0455. The van der Waals surface area contributed by atoms with Crippen LogP contribution < -0.4 is 4.72 Å². The minimum atomic E-state index is -3.86. The number of halogens is 1. The molecule has 0 atom stereocenters. The second kappa shape index (κ2) is 7.89. The van der Waals surface area contributed by atoms with E-state index in [1.54, 1.807) is 18.2 Å². The van der Waals surface area contributed by atoms with E-state index >= 15 is 0 Å². The summed E-state index contributed by atoms with van der Waals surface area (Å²) in [5.74, 6) is 0.243. The molecule has 0 fully saturated rings. The molecule has 0 spiro atoms. The lowest BCUT2D eigenvalue weighted by molar-refractivity contribution is 0.519. The molecule has 0 aliphatic carbocycles. The number of rotatable bonds is 6. The van der Waals surface area contributed by atoms with Gasteiger partial charge >= 0.3 is 0 Å². The molecular formula is C22H17FN2O3S. The van der Waals surface area contributed by atoms with E-state index in [1.807, 2.05) is 30.3 Å². The predicted octanol–water partition coefficient (Wildman–Crippen LogP) is 4.87. The van der Waals surface area contributed by atoms with Crippen molar-refractivity contribution in [3.05, 3.63) is 102 Å². The molecule has 0 bridgehead atoms. The molecular weight excluding hydrogens is 391 g/mol. The molecule has 7 heteroatoms. The van der Waals surface area contributed by atoms with Crippen LogP contribution in [0, 0.1) is 5.82 Å².